The number of rotatable bonds is 8. The molecular formula is C17H22ClFN2O. The Bertz CT molecular complexity index is 544. The van der Waals surface area contributed by atoms with Gasteiger partial charge in [-0.15, -0.1) is 0 Å². The van der Waals surface area contributed by atoms with Gasteiger partial charge in [-0.05, 0) is 55.2 Å². The number of hydrogen-bond acceptors (Lipinski definition) is 2. The molecule has 2 aliphatic rings. The summed E-state index contributed by atoms with van der Waals surface area (Å²) >= 11 is 5.72. The van der Waals surface area contributed by atoms with Crippen molar-refractivity contribution in [1.82, 2.24) is 4.90 Å². The summed E-state index contributed by atoms with van der Waals surface area (Å²) in [7, 11) is 0. The van der Waals surface area contributed by atoms with E-state index < -0.39 is 17.6 Å². The largest absolute Gasteiger partial charge is 0.369 e. The third kappa shape index (κ3) is 4.20. The third-order valence-electron chi connectivity index (χ3n) is 4.56. The third-order valence-corrected chi connectivity index (χ3v) is 4.86. The number of hydrogen-bond donors (Lipinski definition) is 1. The van der Waals surface area contributed by atoms with E-state index in [0.29, 0.717) is 12.1 Å². The molecule has 0 spiro atoms. The van der Waals surface area contributed by atoms with Crippen LogP contribution in [0.5, 0.6) is 0 Å². The van der Waals surface area contributed by atoms with Crippen molar-refractivity contribution in [2.24, 2.45) is 17.6 Å². The van der Waals surface area contributed by atoms with E-state index in [1.54, 1.807) is 6.07 Å². The molecule has 22 heavy (non-hydrogen) atoms. The highest BCUT2D eigenvalue weighted by atomic mass is 35.5. The van der Waals surface area contributed by atoms with Gasteiger partial charge in [0.05, 0.1) is 10.9 Å². The zero-order valence-corrected chi connectivity index (χ0v) is 13.4. The van der Waals surface area contributed by atoms with Crippen LogP contribution in [0.25, 0.3) is 0 Å². The van der Waals surface area contributed by atoms with Crippen LogP contribution in [-0.2, 0) is 4.79 Å². The van der Waals surface area contributed by atoms with Crippen LogP contribution in [0.15, 0.2) is 18.2 Å². The van der Waals surface area contributed by atoms with Gasteiger partial charge in [-0.1, -0.05) is 17.7 Å². The van der Waals surface area contributed by atoms with Gasteiger partial charge in [0, 0.05) is 19.6 Å². The lowest BCUT2D eigenvalue weighted by molar-refractivity contribution is -0.119. The maximum atomic E-state index is 13.7. The Morgan fingerprint density at radius 1 is 1.27 bits per heavy atom. The van der Waals surface area contributed by atoms with Gasteiger partial charge in [-0.2, -0.15) is 0 Å². The summed E-state index contributed by atoms with van der Waals surface area (Å²) in [5.74, 6) is 0.132. The maximum absolute atomic E-state index is 13.7. The number of nitrogens with two attached hydrogens (primary N) is 1. The fourth-order valence-corrected chi connectivity index (χ4v) is 3.02. The van der Waals surface area contributed by atoms with E-state index in [1.807, 2.05) is 0 Å². The fraction of sp³-hybridized carbons (Fsp3) is 0.588. The molecule has 0 aromatic heterocycles. The van der Waals surface area contributed by atoms with E-state index >= 15 is 0 Å². The number of carbonyl (C=O) groups excluding carboxylic acids is 1. The quantitative estimate of drug-likeness (QED) is 0.798. The summed E-state index contributed by atoms with van der Waals surface area (Å²) in [5.41, 5.74) is 6.19. The molecule has 120 valence electrons. The number of carbonyl (C=O) groups is 1. The Morgan fingerprint density at radius 2 is 1.86 bits per heavy atom. The molecule has 0 bridgehead atoms. The van der Waals surface area contributed by atoms with E-state index in [1.165, 1.54) is 37.8 Å². The Balaban J connectivity index is 1.72. The van der Waals surface area contributed by atoms with Crippen molar-refractivity contribution >= 4 is 17.5 Å². The summed E-state index contributed by atoms with van der Waals surface area (Å²) in [6.45, 7) is 2.62. The van der Waals surface area contributed by atoms with Crippen LogP contribution in [0.2, 0.25) is 5.02 Å². The molecule has 2 aliphatic carbocycles. The van der Waals surface area contributed by atoms with E-state index in [9.17, 15) is 9.18 Å². The predicted molar refractivity (Wildman–Crippen MR) is 85.2 cm³/mol. The van der Waals surface area contributed by atoms with Gasteiger partial charge in [-0.25, -0.2) is 4.39 Å². The van der Waals surface area contributed by atoms with Gasteiger partial charge in [0.1, 0.15) is 5.82 Å². The van der Waals surface area contributed by atoms with Crippen molar-refractivity contribution in [3.63, 3.8) is 0 Å². The van der Waals surface area contributed by atoms with Crippen molar-refractivity contribution < 1.29 is 9.18 Å². The molecular weight excluding hydrogens is 303 g/mol. The van der Waals surface area contributed by atoms with E-state index in [2.05, 4.69) is 4.90 Å². The van der Waals surface area contributed by atoms with Crippen LogP contribution in [0.4, 0.5) is 4.39 Å². The topological polar surface area (TPSA) is 46.3 Å². The molecule has 2 fully saturated rings. The number of primary amides is 1. The van der Waals surface area contributed by atoms with Crippen molar-refractivity contribution in [3.8, 4) is 0 Å². The molecule has 1 atom stereocenters. The van der Waals surface area contributed by atoms with Crippen LogP contribution in [0, 0.1) is 17.7 Å². The van der Waals surface area contributed by atoms with Crippen molar-refractivity contribution in [3.05, 3.63) is 34.6 Å². The second kappa shape index (κ2) is 6.55. The maximum Gasteiger partial charge on any atom is 0.226 e. The molecule has 0 aliphatic heterocycles. The van der Waals surface area contributed by atoms with Gasteiger partial charge in [-0.3, -0.25) is 4.79 Å². The summed E-state index contributed by atoms with van der Waals surface area (Å²) in [6.07, 6.45) is 5.10. The molecule has 5 heteroatoms. The number of benzene rings is 1. The molecule has 0 heterocycles. The highest BCUT2D eigenvalue weighted by molar-refractivity contribution is 6.30. The average Bonchev–Trinajstić information content (AvgIpc) is 3.35. The Morgan fingerprint density at radius 3 is 2.32 bits per heavy atom. The van der Waals surface area contributed by atoms with Gasteiger partial charge < -0.3 is 10.6 Å². The molecule has 2 saturated carbocycles. The predicted octanol–water partition coefficient (Wildman–Crippen LogP) is 3.17. The summed E-state index contributed by atoms with van der Waals surface area (Å²) in [5, 5.41) is 0.0692. The zero-order chi connectivity index (χ0) is 15.7. The van der Waals surface area contributed by atoms with Crippen molar-refractivity contribution in [1.29, 1.82) is 0 Å². The van der Waals surface area contributed by atoms with Crippen molar-refractivity contribution in [2.75, 3.05) is 19.6 Å². The lowest BCUT2D eigenvalue weighted by Crippen LogP contribution is -2.37. The van der Waals surface area contributed by atoms with Gasteiger partial charge in [0.15, 0.2) is 0 Å². The van der Waals surface area contributed by atoms with E-state index in [4.69, 9.17) is 17.3 Å². The molecule has 1 aromatic rings. The average molecular weight is 325 g/mol. The molecule has 0 radical (unpaired) electrons. The first-order valence-corrected chi connectivity index (χ1v) is 8.37. The lowest BCUT2D eigenvalue weighted by atomic mass is 9.97. The Kier molecular flexibility index (Phi) is 4.69. The summed E-state index contributed by atoms with van der Waals surface area (Å²) in [4.78, 5) is 14.2. The monoisotopic (exact) mass is 324 g/mol. The molecule has 3 rings (SSSR count). The van der Waals surface area contributed by atoms with Gasteiger partial charge in [0.25, 0.3) is 0 Å². The lowest BCUT2D eigenvalue weighted by Gasteiger charge is -2.26. The number of amides is 1. The number of halogens is 2. The second-order valence-corrected chi connectivity index (χ2v) is 7.14. The smallest absolute Gasteiger partial charge is 0.226 e. The first-order valence-electron chi connectivity index (χ1n) is 7.99. The standard InChI is InChI=1S/C17H22ClFN2O/c18-15-6-5-13(7-16(15)19)14(17(20)22)10-21(8-11-1-2-11)9-12-3-4-12/h5-7,11-12,14H,1-4,8-10H2,(H2,20,22). The van der Waals surface area contributed by atoms with Crippen LogP contribution < -0.4 is 5.73 Å². The Hall–Kier alpha value is -1.13. The van der Waals surface area contributed by atoms with E-state index in [0.717, 1.165) is 24.9 Å². The van der Waals surface area contributed by atoms with Crippen LogP contribution in [-0.4, -0.2) is 30.4 Å². The van der Waals surface area contributed by atoms with Crippen LogP contribution in [0.1, 0.15) is 37.2 Å². The minimum atomic E-state index is -0.499. The van der Waals surface area contributed by atoms with Gasteiger partial charge in [0.2, 0.25) is 5.91 Å². The first kappa shape index (κ1) is 15.8. The second-order valence-electron chi connectivity index (χ2n) is 6.73. The molecule has 0 saturated heterocycles. The SMILES string of the molecule is NC(=O)C(CN(CC1CC1)CC1CC1)c1ccc(Cl)c(F)c1. The molecule has 1 unspecified atom stereocenters. The van der Waals surface area contributed by atoms with E-state index in [-0.39, 0.29) is 5.02 Å². The van der Waals surface area contributed by atoms with Crippen molar-refractivity contribution in [2.45, 2.75) is 31.6 Å². The minimum Gasteiger partial charge on any atom is -0.369 e. The minimum absolute atomic E-state index is 0.0692. The summed E-state index contributed by atoms with van der Waals surface area (Å²) in [6, 6.07) is 4.53. The zero-order valence-electron chi connectivity index (χ0n) is 12.6. The molecule has 2 N–H and O–H groups in total. The van der Waals surface area contributed by atoms with Crippen LogP contribution in [0.3, 0.4) is 0 Å². The van der Waals surface area contributed by atoms with Gasteiger partial charge >= 0.3 is 0 Å². The molecule has 1 amide bonds. The van der Waals surface area contributed by atoms with Crippen LogP contribution >= 0.6 is 11.6 Å². The Labute approximate surface area is 135 Å². The number of nitrogens with zero attached hydrogens (tertiary/aromatic N) is 1. The molecule has 1 aromatic carbocycles. The highest BCUT2D eigenvalue weighted by Crippen LogP contribution is 2.34. The molecule has 3 nitrogen and oxygen atoms in total. The first-order chi connectivity index (χ1) is 10.5. The normalized spacial score (nSPS) is 19.4. The highest BCUT2D eigenvalue weighted by Gasteiger charge is 2.31. The summed E-state index contributed by atoms with van der Waals surface area (Å²) < 4.78 is 13.7. The fourth-order valence-electron chi connectivity index (χ4n) is 2.90.